The Balaban J connectivity index is 0.000000336. The van der Waals surface area contributed by atoms with E-state index in [4.69, 9.17) is 24.1 Å². The first kappa shape index (κ1) is 30.0. The summed E-state index contributed by atoms with van der Waals surface area (Å²) < 4.78 is 20.8. The van der Waals surface area contributed by atoms with Gasteiger partial charge in [0.1, 0.15) is 6.61 Å². The average Bonchev–Trinajstić information content (AvgIpc) is 2.82. The van der Waals surface area contributed by atoms with E-state index >= 15 is 0 Å². The van der Waals surface area contributed by atoms with Gasteiger partial charge in [0.2, 0.25) is 0 Å². The Morgan fingerprint density at radius 1 is 1.00 bits per heavy atom. The van der Waals surface area contributed by atoms with Crippen molar-refractivity contribution in [3.05, 3.63) is 69.5 Å². The van der Waals surface area contributed by atoms with E-state index in [1.807, 2.05) is 6.42 Å². The van der Waals surface area contributed by atoms with Crippen LogP contribution in [0.15, 0.2) is 24.3 Å². The molecule has 4 rings (SSSR count). The Labute approximate surface area is 226 Å². The molecular formula is C22H24N2O10Y-2. The SMILES string of the molecule is COc1ccc([N+](=O)[O-])c2c1OCC(C(=O)O)C2.COc1ccc([N+](=O)[O-])c2c1OC[CH-]C2.[CH3-].[Y]. The van der Waals surface area contributed by atoms with Crippen LogP contribution < -0.4 is 18.9 Å². The van der Waals surface area contributed by atoms with Crippen molar-refractivity contribution in [1.29, 1.82) is 0 Å². The molecule has 0 aliphatic carbocycles. The fraction of sp³-hybridized carbons (Fsp3) is 0.318. The third-order valence-electron chi connectivity index (χ3n) is 5.16. The van der Waals surface area contributed by atoms with Crippen molar-refractivity contribution in [2.75, 3.05) is 27.4 Å². The number of hydrogen-bond acceptors (Lipinski definition) is 9. The van der Waals surface area contributed by atoms with Crippen LogP contribution in [0.4, 0.5) is 11.4 Å². The molecule has 1 radical (unpaired) electrons. The number of carbonyl (C=O) groups is 1. The van der Waals surface area contributed by atoms with Crippen LogP contribution in [0.3, 0.4) is 0 Å². The van der Waals surface area contributed by atoms with Crippen molar-refractivity contribution in [2.24, 2.45) is 5.92 Å². The predicted octanol–water partition coefficient (Wildman–Crippen LogP) is 3.43. The van der Waals surface area contributed by atoms with E-state index in [0.717, 1.165) is 0 Å². The van der Waals surface area contributed by atoms with Crippen LogP contribution in [-0.4, -0.2) is 48.4 Å². The summed E-state index contributed by atoms with van der Waals surface area (Å²) in [7, 11) is 2.94. The maximum absolute atomic E-state index is 10.9. The number of aliphatic carboxylic acids is 1. The van der Waals surface area contributed by atoms with Crippen molar-refractivity contribution in [3.63, 3.8) is 0 Å². The van der Waals surface area contributed by atoms with Crippen molar-refractivity contribution in [3.8, 4) is 23.0 Å². The molecule has 0 bridgehead atoms. The molecule has 0 aromatic heterocycles. The van der Waals surface area contributed by atoms with Crippen LogP contribution in [0.2, 0.25) is 0 Å². The van der Waals surface area contributed by atoms with Gasteiger partial charge in [0, 0.05) is 50.4 Å². The summed E-state index contributed by atoms with van der Waals surface area (Å²) in [5.74, 6) is -0.123. The molecule has 0 fully saturated rings. The predicted molar refractivity (Wildman–Crippen MR) is 120 cm³/mol. The van der Waals surface area contributed by atoms with Gasteiger partial charge in [0.15, 0.2) is 23.0 Å². The monoisotopic (exact) mass is 565 g/mol. The minimum absolute atomic E-state index is 0. The van der Waals surface area contributed by atoms with E-state index in [-0.39, 0.29) is 75.9 Å². The normalized spacial score (nSPS) is 15.0. The van der Waals surface area contributed by atoms with Gasteiger partial charge in [-0.2, -0.15) is 0 Å². The molecule has 13 heteroatoms. The summed E-state index contributed by atoms with van der Waals surface area (Å²) in [6, 6.07) is 5.74. The van der Waals surface area contributed by atoms with E-state index in [0.29, 0.717) is 35.8 Å². The molecule has 0 saturated carbocycles. The minimum atomic E-state index is -1.03. The van der Waals surface area contributed by atoms with Crippen LogP contribution in [0, 0.1) is 40.0 Å². The van der Waals surface area contributed by atoms with Gasteiger partial charge in [0.05, 0.1) is 35.5 Å². The Morgan fingerprint density at radius 2 is 1.51 bits per heavy atom. The first-order valence-electron chi connectivity index (χ1n) is 9.77. The maximum atomic E-state index is 10.9. The van der Waals surface area contributed by atoms with E-state index in [1.54, 1.807) is 6.07 Å². The summed E-state index contributed by atoms with van der Waals surface area (Å²) in [5.41, 5.74) is 0.808. The number of benzene rings is 2. The second kappa shape index (κ2) is 13.2. The third kappa shape index (κ3) is 6.58. The Hall–Kier alpha value is -2.99. The largest absolute Gasteiger partial charge is 0.522 e. The number of hydrogen-bond donors (Lipinski definition) is 1. The van der Waals surface area contributed by atoms with Gasteiger partial charge in [-0.3, -0.25) is 31.4 Å². The quantitative estimate of drug-likeness (QED) is 0.323. The molecule has 187 valence electrons. The first-order chi connectivity index (χ1) is 15.8. The minimum Gasteiger partial charge on any atom is -0.522 e. The topological polar surface area (TPSA) is 161 Å². The van der Waals surface area contributed by atoms with Crippen molar-refractivity contribution in [2.45, 2.75) is 12.8 Å². The van der Waals surface area contributed by atoms with Crippen molar-refractivity contribution < 1.29 is 71.4 Å². The van der Waals surface area contributed by atoms with E-state index in [1.165, 1.54) is 32.4 Å². The van der Waals surface area contributed by atoms with Crippen molar-refractivity contribution in [1.82, 2.24) is 0 Å². The molecule has 35 heavy (non-hydrogen) atoms. The number of carboxylic acids is 1. The van der Waals surface area contributed by atoms with Crippen LogP contribution >= 0.6 is 0 Å². The number of nitro groups is 2. The van der Waals surface area contributed by atoms with Crippen LogP contribution in [-0.2, 0) is 50.3 Å². The molecule has 1 N–H and O–H groups in total. The Bertz CT molecular complexity index is 1090. The second-order valence-corrected chi connectivity index (χ2v) is 7.06. The van der Waals surface area contributed by atoms with Crippen molar-refractivity contribution >= 4 is 17.3 Å². The number of rotatable bonds is 5. The fourth-order valence-electron chi connectivity index (χ4n) is 3.56. The molecular weight excluding hydrogens is 541 g/mol. The zero-order chi connectivity index (χ0) is 24.1. The average molecular weight is 565 g/mol. The molecule has 0 saturated heterocycles. The number of nitrogens with zero attached hydrogens (tertiary/aromatic N) is 2. The molecule has 2 aromatic rings. The standard InChI is InChI=1S/C11H11NO6.C10H10NO4.CH3.Y/c1-17-9-3-2-8(12(15)16)7-4-6(11(13)14)5-18-10(7)9;1-14-9-5-4-8(11(12)13)7-3-2-6-15-10(7)9;;/h2-3,6H,4-5H2,1H3,(H,13,14);2,4-5H,3,6H2,1H3;1H3;/q;2*-1;. The zero-order valence-corrected chi connectivity index (χ0v) is 22.2. The number of ether oxygens (including phenoxy) is 4. The fourth-order valence-corrected chi connectivity index (χ4v) is 3.56. The molecule has 0 spiro atoms. The van der Waals surface area contributed by atoms with Crippen LogP contribution in [0.1, 0.15) is 11.1 Å². The molecule has 1 atom stereocenters. The summed E-state index contributed by atoms with van der Waals surface area (Å²) in [6.07, 6.45) is 2.47. The van der Waals surface area contributed by atoms with Gasteiger partial charge in [-0.1, -0.05) is 0 Å². The van der Waals surface area contributed by atoms with Gasteiger partial charge in [-0.15, -0.1) is 6.42 Å². The smallest absolute Gasteiger partial charge is 0.310 e. The van der Waals surface area contributed by atoms with E-state index < -0.39 is 21.7 Å². The molecule has 12 nitrogen and oxygen atoms in total. The number of fused-ring (bicyclic) bond motifs is 2. The second-order valence-electron chi connectivity index (χ2n) is 7.06. The molecule has 2 heterocycles. The molecule has 2 aromatic carbocycles. The van der Waals surface area contributed by atoms with Gasteiger partial charge >= 0.3 is 5.97 Å². The third-order valence-corrected chi connectivity index (χ3v) is 5.16. The van der Waals surface area contributed by atoms with Gasteiger partial charge in [-0.25, -0.2) is 0 Å². The van der Waals surface area contributed by atoms with Crippen LogP contribution in [0.5, 0.6) is 23.0 Å². The summed E-state index contributed by atoms with van der Waals surface area (Å²) in [5, 5.41) is 30.6. The van der Waals surface area contributed by atoms with E-state index in [9.17, 15) is 25.0 Å². The van der Waals surface area contributed by atoms with Gasteiger partial charge in [0.25, 0.3) is 11.4 Å². The zero-order valence-electron chi connectivity index (χ0n) is 19.4. The van der Waals surface area contributed by atoms with Gasteiger partial charge < -0.3 is 31.5 Å². The first-order valence-corrected chi connectivity index (χ1v) is 9.77. The van der Waals surface area contributed by atoms with Crippen LogP contribution in [0.25, 0.3) is 0 Å². The van der Waals surface area contributed by atoms with E-state index in [2.05, 4.69) is 0 Å². The molecule has 1 unspecified atom stereocenters. The summed E-state index contributed by atoms with van der Waals surface area (Å²) in [4.78, 5) is 31.6. The Morgan fingerprint density at radius 3 is 2.00 bits per heavy atom. The number of nitro benzene ring substituents is 2. The Kier molecular flexibility index (Phi) is 11.3. The maximum Gasteiger partial charge on any atom is 0.310 e. The molecule has 2 aliphatic rings. The molecule has 2 aliphatic heterocycles. The van der Waals surface area contributed by atoms with Gasteiger partial charge in [-0.05, 0) is 25.2 Å². The number of methoxy groups -OCH3 is 2. The number of carboxylic acid groups (broad SMARTS) is 1. The summed E-state index contributed by atoms with van der Waals surface area (Å²) >= 11 is 0. The summed E-state index contributed by atoms with van der Waals surface area (Å²) in [6.45, 7) is 0.449. The molecule has 0 amide bonds.